The molecular weight excluding hydrogens is 341 g/mol. The number of unbranched alkanes of at least 4 members (excludes halogenated alkanes) is 5. The van der Waals surface area contributed by atoms with Crippen LogP contribution >= 0.6 is 0 Å². The van der Waals surface area contributed by atoms with Gasteiger partial charge < -0.3 is 11.4 Å². The molecular formula is C20H34NNaO4. The number of carbonyl (C=O) groups excluding carboxylic acids is 2. The van der Waals surface area contributed by atoms with E-state index in [2.05, 4.69) is 6.92 Å². The van der Waals surface area contributed by atoms with Gasteiger partial charge in [-0.1, -0.05) is 38.7 Å². The summed E-state index contributed by atoms with van der Waals surface area (Å²) in [5, 5.41) is 8.63. The van der Waals surface area contributed by atoms with Crippen LogP contribution in [0.4, 0.5) is 0 Å². The Morgan fingerprint density at radius 3 is 2.54 bits per heavy atom. The first-order valence-electron chi connectivity index (χ1n) is 9.77. The summed E-state index contributed by atoms with van der Waals surface area (Å²) in [5.74, 6) is -0.426. The van der Waals surface area contributed by atoms with Crippen LogP contribution < -0.4 is 29.6 Å². The molecule has 0 bridgehead atoms. The van der Waals surface area contributed by atoms with Gasteiger partial charge in [-0.2, -0.15) is 0 Å². The zero-order valence-electron chi connectivity index (χ0n) is 17.5. The smallest absolute Gasteiger partial charge is 1.00 e. The third kappa shape index (κ3) is 11.1. The first-order chi connectivity index (χ1) is 12.0. The van der Waals surface area contributed by atoms with Gasteiger partial charge in [-0.25, -0.2) is 0 Å². The van der Waals surface area contributed by atoms with Crippen molar-refractivity contribution >= 4 is 17.7 Å². The van der Waals surface area contributed by atoms with Crippen LogP contribution in [0.3, 0.4) is 0 Å². The molecule has 1 aliphatic heterocycles. The van der Waals surface area contributed by atoms with Crippen molar-refractivity contribution in [1.82, 2.24) is 4.90 Å². The minimum absolute atomic E-state index is 0. The van der Waals surface area contributed by atoms with Gasteiger partial charge in [-0.05, 0) is 38.2 Å². The van der Waals surface area contributed by atoms with Gasteiger partial charge in [0.2, 0.25) is 5.91 Å². The fraction of sp³-hybridized carbons (Fsp3) is 0.750. The van der Waals surface area contributed by atoms with Gasteiger partial charge in [0.25, 0.3) is 0 Å². The van der Waals surface area contributed by atoms with Gasteiger partial charge in [-0.15, -0.1) is 0 Å². The Balaban J connectivity index is 0. The van der Waals surface area contributed by atoms with E-state index in [1.165, 1.54) is 0 Å². The van der Waals surface area contributed by atoms with E-state index in [1.807, 2.05) is 11.0 Å². The summed E-state index contributed by atoms with van der Waals surface area (Å²) in [5.41, 5.74) is 0. The zero-order valence-corrected chi connectivity index (χ0v) is 18.5. The molecule has 1 atom stereocenters. The van der Waals surface area contributed by atoms with Gasteiger partial charge in [0, 0.05) is 25.8 Å². The van der Waals surface area contributed by atoms with Crippen LogP contribution in [0.1, 0.15) is 85.4 Å². The van der Waals surface area contributed by atoms with Gasteiger partial charge in [0.15, 0.2) is 5.78 Å². The van der Waals surface area contributed by atoms with Crippen LogP contribution in [0.2, 0.25) is 0 Å². The number of carboxylic acid groups (broad SMARTS) is 1. The van der Waals surface area contributed by atoms with Gasteiger partial charge in [0.1, 0.15) is 0 Å². The number of likely N-dealkylation sites (tertiary alicyclic amines) is 1. The molecule has 144 valence electrons. The first-order valence-corrected chi connectivity index (χ1v) is 9.77. The summed E-state index contributed by atoms with van der Waals surface area (Å²) in [6, 6.07) is 0.0374. The summed E-state index contributed by atoms with van der Waals surface area (Å²) >= 11 is 0. The van der Waals surface area contributed by atoms with Crippen LogP contribution in [0.25, 0.3) is 0 Å². The number of allylic oxidation sites excluding steroid dienone is 1. The Hall–Kier alpha value is -0.650. The van der Waals surface area contributed by atoms with Crippen LogP contribution in [-0.4, -0.2) is 40.3 Å². The molecule has 1 heterocycles. The van der Waals surface area contributed by atoms with Crippen molar-refractivity contribution in [2.24, 2.45) is 0 Å². The standard InChI is InChI=1S/C20H33NO4.Na.H/c1-2-3-6-11-18(22)15-14-17-10-9-12-19(23)21(17)16-8-5-4-7-13-20(24)25;;/h14-15,17H,2-13,16H2,1H3,(H,24,25);;/q;+1;-1/b15-14+;;/t17-;;/m1../s1. The minimum Gasteiger partial charge on any atom is -1.00 e. The Bertz CT molecular complexity index is 471. The quantitative estimate of drug-likeness (QED) is 0.298. The van der Waals surface area contributed by atoms with E-state index < -0.39 is 5.97 Å². The van der Waals surface area contributed by atoms with Crippen molar-refractivity contribution < 1.29 is 50.5 Å². The van der Waals surface area contributed by atoms with Gasteiger partial charge >= 0.3 is 35.5 Å². The topological polar surface area (TPSA) is 74.7 Å². The Morgan fingerprint density at radius 2 is 1.85 bits per heavy atom. The number of aliphatic carboxylic acids is 1. The molecule has 0 unspecified atom stereocenters. The van der Waals surface area contributed by atoms with E-state index in [4.69, 9.17) is 5.11 Å². The van der Waals surface area contributed by atoms with E-state index in [1.54, 1.807) is 6.08 Å². The summed E-state index contributed by atoms with van der Waals surface area (Å²) in [7, 11) is 0. The molecule has 1 aliphatic rings. The largest absolute Gasteiger partial charge is 1.00 e. The van der Waals surface area contributed by atoms with Crippen molar-refractivity contribution in [3.05, 3.63) is 12.2 Å². The third-order valence-electron chi connectivity index (χ3n) is 4.68. The van der Waals surface area contributed by atoms with E-state index in [9.17, 15) is 14.4 Å². The molecule has 1 amide bonds. The molecule has 0 radical (unpaired) electrons. The molecule has 1 rings (SSSR count). The molecule has 0 aromatic carbocycles. The predicted octanol–water partition coefficient (Wildman–Crippen LogP) is 1.22. The molecule has 0 saturated carbocycles. The number of carbonyl (C=O) groups is 3. The number of rotatable bonds is 13. The second-order valence-corrected chi connectivity index (χ2v) is 6.89. The molecule has 1 N–H and O–H groups in total. The molecule has 1 fully saturated rings. The third-order valence-corrected chi connectivity index (χ3v) is 4.68. The second kappa shape index (κ2) is 15.4. The first kappa shape index (κ1) is 25.4. The Morgan fingerprint density at radius 1 is 1.15 bits per heavy atom. The fourth-order valence-corrected chi connectivity index (χ4v) is 3.20. The maximum absolute atomic E-state index is 12.2. The number of hydrogen-bond donors (Lipinski definition) is 1. The molecule has 0 aliphatic carbocycles. The van der Waals surface area contributed by atoms with Gasteiger partial charge in [0.05, 0.1) is 6.04 Å². The van der Waals surface area contributed by atoms with Crippen molar-refractivity contribution in [3.63, 3.8) is 0 Å². The molecule has 0 aromatic heterocycles. The Kier molecular flexibility index (Phi) is 15.0. The number of amides is 1. The van der Waals surface area contributed by atoms with E-state index in [0.717, 1.165) is 51.4 Å². The molecule has 26 heavy (non-hydrogen) atoms. The number of hydrogen-bond acceptors (Lipinski definition) is 3. The van der Waals surface area contributed by atoms with Crippen LogP contribution in [0, 0.1) is 0 Å². The van der Waals surface area contributed by atoms with Crippen molar-refractivity contribution in [3.8, 4) is 0 Å². The summed E-state index contributed by atoms with van der Waals surface area (Å²) in [6.45, 7) is 2.82. The van der Waals surface area contributed by atoms with E-state index in [-0.39, 0.29) is 55.1 Å². The normalized spacial score (nSPS) is 17.3. The van der Waals surface area contributed by atoms with Crippen LogP contribution in [0.5, 0.6) is 0 Å². The Labute approximate surface area is 181 Å². The van der Waals surface area contributed by atoms with Crippen molar-refractivity contribution in [1.29, 1.82) is 0 Å². The monoisotopic (exact) mass is 375 g/mol. The maximum Gasteiger partial charge on any atom is 1.00 e. The van der Waals surface area contributed by atoms with E-state index >= 15 is 0 Å². The predicted molar refractivity (Wildman–Crippen MR) is 99.5 cm³/mol. The van der Waals surface area contributed by atoms with Crippen molar-refractivity contribution in [2.75, 3.05) is 6.54 Å². The number of piperidine rings is 1. The van der Waals surface area contributed by atoms with Crippen LogP contribution in [-0.2, 0) is 14.4 Å². The summed E-state index contributed by atoms with van der Waals surface area (Å²) in [6.07, 6.45) is 13.3. The average molecular weight is 375 g/mol. The number of ketones is 1. The summed E-state index contributed by atoms with van der Waals surface area (Å²) < 4.78 is 0. The number of nitrogens with zero attached hydrogens (tertiary/aromatic N) is 1. The minimum atomic E-state index is -0.750. The SMILES string of the molecule is CCCCCC(=O)/C=C/[C@H]1CCCC(=O)N1CCCCCCC(=O)O.[H-].[Na+]. The molecule has 1 saturated heterocycles. The van der Waals surface area contributed by atoms with Gasteiger partial charge in [-0.3, -0.25) is 14.4 Å². The average Bonchev–Trinajstić information content (AvgIpc) is 2.57. The molecule has 0 spiro atoms. The second-order valence-electron chi connectivity index (χ2n) is 6.89. The maximum atomic E-state index is 12.2. The molecule has 6 heteroatoms. The molecule has 5 nitrogen and oxygen atoms in total. The van der Waals surface area contributed by atoms with Crippen molar-refractivity contribution in [2.45, 2.75) is 90.0 Å². The zero-order chi connectivity index (χ0) is 18.5. The van der Waals surface area contributed by atoms with E-state index in [0.29, 0.717) is 25.8 Å². The summed E-state index contributed by atoms with van der Waals surface area (Å²) in [4.78, 5) is 36.5. The fourth-order valence-electron chi connectivity index (χ4n) is 3.20. The van der Waals surface area contributed by atoms with Crippen LogP contribution in [0.15, 0.2) is 12.2 Å². The number of carboxylic acids is 1. The molecule has 0 aromatic rings.